The quantitative estimate of drug-likeness (QED) is 0.162. The lowest BCUT2D eigenvalue weighted by Gasteiger charge is -2.38. The van der Waals surface area contributed by atoms with Crippen molar-refractivity contribution < 1.29 is 26.3 Å². The van der Waals surface area contributed by atoms with E-state index in [0.717, 1.165) is 30.7 Å². The molecule has 5 rings (SSSR count). The Bertz CT molecular complexity index is 1840. The maximum absolute atomic E-state index is 14.0. The first-order valence-electron chi connectivity index (χ1n) is 17.4. The molecular weight excluding hydrogens is 666 g/mol. The largest absolute Gasteiger partial charge is 0.411 e. The zero-order chi connectivity index (χ0) is 39.3. The van der Waals surface area contributed by atoms with Crippen molar-refractivity contribution in [3.05, 3.63) is 174 Å². The molecule has 0 N–H and O–H groups in total. The monoisotopic (exact) mass is 718 g/mol. The normalized spacial score (nSPS) is 11.7. The smallest absolute Gasteiger partial charge is 0.169 e. The van der Waals surface area contributed by atoms with Crippen molar-refractivity contribution in [3.63, 3.8) is 0 Å². The van der Waals surface area contributed by atoms with Gasteiger partial charge in [0.05, 0.1) is 0 Å². The lowest BCUT2D eigenvalue weighted by atomic mass is 9.71. The molecule has 0 saturated heterocycles. The first kappa shape index (κ1) is 42.1. The van der Waals surface area contributed by atoms with Crippen LogP contribution in [0.3, 0.4) is 0 Å². The van der Waals surface area contributed by atoms with Crippen molar-refractivity contribution in [2.45, 2.75) is 107 Å². The van der Waals surface area contributed by atoms with Crippen molar-refractivity contribution >= 4 is 0 Å². The second-order valence-corrected chi connectivity index (χ2v) is 14.4. The molecular formula is C46H52F6. The lowest BCUT2D eigenvalue weighted by Crippen LogP contribution is -2.54. The molecule has 0 heterocycles. The highest BCUT2D eigenvalue weighted by Gasteiger charge is 2.72. The van der Waals surface area contributed by atoms with Crippen molar-refractivity contribution in [2.75, 3.05) is 0 Å². The molecule has 52 heavy (non-hydrogen) atoms. The molecule has 0 spiro atoms. The van der Waals surface area contributed by atoms with Gasteiger partial charge in [0.2, 0.25) is 5.41 Å². The summed E-state index contributed by atoms with van der Waals surface area (Å²) < 4.78 is 83.9. The predicted molar refractivity (Wildman–Crippen MR) is 205 cm³/mol. The van der Waals surface area contributed by atoms with E-state index < -0.39 is 28.9 Å². The first-order chi connectivity index (χ1) is 24.0. The van der Waals surface area contributed by atoms with E-state index in [0.29, 0.717) is 22.3 Å². The summed E-state index contributed by atoms with van der Waals surface area (Å²) in [5, 5.41) is 0. The molecule has 5 aromatic rings. The van der Waals surface area contributed by atoms with Crippen LogP contribution in [0.15, 0.2) is 84.9 Å². The van der Waals surface area contributed by atoms with Crippen LogP contribution < -0.4 is 0 Å². The zero-order valence-electron chi connectivity index (χ0n) is 32.6. The van der Waals surface area contributed by atoms with Gasteiger partial charge in [0.25, 0.3) is 0 Å². The highest BCUT2D eigenvalue weighted by molar-refractivity contribution is 5.48. The molecule has 0 aromatic heterocycles. The third-order valence-corrected chi connectivity index (χ3v) is 10.4. The first-order valence-corrected chi connectivity index (χ1v) is 17.4. The van der Waals surface area contributed by atoms with Crippen molar-refractivity contribution in [3.8, 4) is 0 Å². The van der Waals surface area contributed by atoms with Crippen LogP contribution in [0.1, 0.15) is 89.0 Å². The Morgan fingerprint density at radius 2 is 0.558 bits per heavy atom. The van der Waals surface area contributed by atoms with Crippen LogP contribution in [0.2, 0.25) is 0 Å². The minimum absolute atomic E-state index is 0.374. The van der Waals surface area contributed by atoms with E-state index in [1.165, 1.54) is 81.6 Å². The molecule has 0 amide bonds. The Kier molecular flexibility index (Phi) is 13.4. The van der Waals surface area contributed by atoms with Gasteiger partial charge in [-0.2, -0.15) is 26.3 Å². The maximum atomic E-state index is 14.0. The van der Waals surface area contributed by atoms with E-state index in [1.807, 2.05) is 0 Å². The number of hydrogen-bond donors (Lipinski definition) is 0. The van der Waals surface area contributed by atoms with E-state index in [1.54, 1.807) is 13.8 Å². The summed E-state index contributed by atoms with van der Waals surface area (Å²) in [5.41, 5.74) is 10.2. The van der Waals surface area contributed by atoms with Crippen LogP contribution in [0.4, 0.5) is 26.3 Å². The number of halogens is 6. The van der Waals surface area contributed by atoms with E-state index in [2.05, 4.69) is 104 Å². The minimum atomic E-state index is -5.55. The Labute approximate surface area is 307 Å². The van der Waals surface area contributed by atoms with E-state index in [4.69, 9.17) is 0 Å². The summed E-state index contributed by atoms with van der Waals surface area (Å²) in [4.78, 5) is 0. The van der Waals surface area contributed by atoms with Crippen LogP contribution in [0, 0.1) is 83.1 Å². The molecule has 0 aliphatic rings. The fourth-order valence-corrected chi connectivity index (χ4v) is 6.10. The molecule has 0 unspecified atom stereocenters. The van der Waals surface area contributed by atoms with Gasteiger partial charge in [-0.15, -0.1) is 0 Å². The fourth-order valence-electron chi connectivity index (χ4n) is 6.10. The minimum Gasteiger partial charge on any atom is -0.169 e. The Morgan fingerprint density at radius 1 is 0.308 bits per heavy atom. The van der Waals surface area contributed by atoms with E-state index >= 15 is 0 Å². The summed E-state index contributed by atoms with van der Waals surface area (Å²) in [7, 11) is 0. The highest BCUT2D eigenvalue weighted by Crippen LogP contribution is 2.56. The summed E-state index contributed by atoms with van der Waals surface area (Å²) in [6, 6.07) is 24.3. The average Bonchev–Trinajstić information content (AvgIpc) is 3.03. The Hall–Kier alpha value is -4.32. The van der Waals surface area contributed by atoms with Crippen LogP contribution in [-0.4, -0.2) is 12.4 Å². The third-order valence-electron chi connectivity index (χ3n) is 10.4. The molecule has 0 radical (unpaired) electrons. The van der Waals surface area contributed by atoms with Gasteiger partial charge in [0, 0.05) is 0 Å². The summed E-state index contributed by atoms with van der Waals surface area (Å²) in [5.74, 6) is 0. The average molecular weight is 719 g/mol. The maximum Gasteiger partial charge on any atom is 0.411 e. The molecule has 278 valence electrons. The van der Waals surface area contributed by atoms with Gasteiger partial charge < -0.3 is 0 Å². The van der Waals surface area contributed by atoms with Gasteiger partial charge in [-0.3, -0.25) is 0 Å². The molecule has 0 saturated carbocycles. The Balaban J connectivity index is 0.000000232. The molecule has 0 bridgehead atoms. The van der Waals surface area contributed by atoms with Gasteiger partial charge in [0.1, 0.15) is 0 Å². The molecule has 0 fully saturated rings. The second kappa shape index (κ2) is 16.6. The van der Waals surface area contributed by atoms with Gasteiger partial charge >= 0.3 is 12.4 Å². The van der Waals surface area contributed by atoms with Crippen LogP contribution >= 0.6 is 0 Å². The van der Waals surface area contributed by atoms with E-state index in [-0.39, 0.29) is 0 Å². The van der Waals surface area contributed by atoms with Crippen LogP contribution in [-0.2, 0) is 11.8 Å². The Morgan fingerprint density at radius 3 is 0.808 bits per heavy atom. The number of rotatable bonds is 4. The number of hydrogen-bond acceptors (Lipinski definition) is 0. The molecule has 6 heteroatoms. The highest BCUT2D eigenvalue weighted by atomic mass is 19.4. The summed E-state index contributed by atoms with van der Waals surface area (Å²) >= 11 is 0. The summed E-state index contributed by atoms with van der Waals surface area (Å²) in [6.45, 7) is 23.6. The lowest BCUT2D eigenvalue weighted by molar-refractivity contribution is -0.288. The molecule has 5 aromatic carbocycles. The van der Waals surface area contributed by atoms with Gasteiger partial charge in [-0.25, -0.2) is 0 Å². The van der Waals surface area contributed by atoms with Crippen molar-refractivity contribution in [1.82, 2.24) is 0 Å². The second-order valence-electron chi connectivity index (χ2n) is 14.4. The van der Waals surface area contributed by atoms with Crippen molar-refractivity contribution in [1.29, 1.82) is 0 Å². The number of benzene rings is 5. The molecule has 0 atom stereocenters. The molecule has 0 nitrogen and oxygen atoms in total. The van der Waals surface area contributed by atoms with Gasteiger partial charge in [0.15, 0.2) is 0 Å². The summed E-state index contributed by atoms with van der Waals surface area (Å²) in [6.07, 6.45) is -10.1. The number of alkyl halides is 6. The molecule has 0 aliphatic carbocycles. The third kappa shape index (κ3) is 9.56. The van der Waals surface area contributed by atoms with E-state index in [9.17, 15) is 26.3 Å². The fraction of sp³-hybridized carbons (Fsp3) is 0.348. The standard InChI is InChI=1S/C19H18F6.C17H20.C10H14/c1-11-5-7-15(9-13(11)3)17(18(20,21)22,19(23,24)25)16-8-6-12(2)14(4)10-16;1-12-5-7-16(9-14(12)3)11-17-8-6-13(2)15(4)10-17;1-7-5-9(3)10(4)6-8(7)2/h5-10H,1-4H3;5-10H,11H2,1-4H3;5-6H,1-4H3. The van der Waals surface area contributed by atoms with Gasteiger partial charge in [-0.05, 0) is 179 Å². The predicted octanol–water partition coefficient (Wildman–Crippen LogP) is 13.8. The van der Waals surface area contributed by atoms with Crippen LogP contribution in [0.5, 0.6) is 0 Å². The van der Waals surface area contributed by atoms with Crippen molar-refractivity contribution in [2.24, 2.45) is 0 Å². The zero-order valence-corrected chi connectivity index (χ0v) is 32.6. The van der Waals surface area contributed by atoms with Crippen LogP contribution in [0.25, 0.3) is 0 Å². The SMILES string of the molecule is Cc1cc(C)c(C)cc1C.Cc1ccc(C(c2ccc(C)c(C)c2)(C(F)(F)F)C(F)(F)F)cc1C.Cc1ccc(Cc2ccc(C)c(C)c2)cc1C. The van der Waals surface area contributed by atoms with Gasteiger partial charge in [-0.1, -0.05) is 84.9 Å². The number of aryl methyl sites for hydroxylation is 12. The molecule has 0 aliphatic heterocycles. The topological polar surface area (TPSA) is 0 Å².